The number of unbranched alkanes of at least 4 members (excludes halogenated alkanes) is 1. The van der Waals surface area contributed by atoms with Crippen molar-refractivity contribution in [3.8, 4) is 11.1 Å². The number of allylic oxidation sites excluding steroid dienone is 3. The average Bonchev–Trinajstić information content (AvgIpc) is 3.01. The highest BCUT2D eigenvalue weighted by Crippen LogP contribution is 2.24. The van der Waals surface area contributed by atoms with Crippen molar-refractivity contribution in [2.45, 2.75) is 64.3 Å². The Hall–Kier alpha value is -4.16. The number of nitrogens with two attached hydrogens (primary N) is 1. The molecule has 0 radical (unpaired) electrons. The summed E-state index contributed by atoms with van der Waals surface area (Å²) >= 11 is 0. The van der Waals surface area contributed by atoms with Gasteiger partial charge in [-0.15, -0.1) is 0 Å². The fourth-order valence-corrected chi connectivity index (χ4v) is 5.04. The molecule has 41 heavy (non-hydrogen) atoms. The zero-order valence-electron chi connectivity index (χ0n) is 23.9. The van der Waals surface area contributed by atoms with Crippen molar-refractivity contribution in [2.75, 3.05) is 6.54 Å². The lowest BCUT2D eigenvalue weighted by molar-refractivity contribution is -0.150. The lowest BCUT2D eigenvalue weighted by Crippen LogP contribution is -2.62. The largest absolute Gasteiger partial charge is 0.489 e. The normalized spacial score (nSPS) is 17.6. The molecule has 1 saturated heterocycles. The predicted molar refractivity (Wildman–Crippen MR) is 164 cm³/mol. The Bertz CT molecular complexity index is 1300. The molecular weight excluding hydrogens is 510 g/mol. The monoisotopic (exact) mass is 551 g/mol. The van der Waals surface area contributed by atoms with Crippen LogP contribution in [0.2, 0.25) is 0 Å². The molecule has 0 aliphatic carbocycles. The van der Waals surface area contributed by atoms with E-state index >= 15 is 0 Å². The number of benzene rings is 3. The molecule has 6 heteroatoms. The fraction of sp³-hybridized carbons (Fsp3) is 0.314. The molecule has 0 spiro atoms. The van der Waals surface area contributed by atoms with Crippen LogP contribution in [0, 0.1) is 0 Å². The topological polar surface area (TPSA) is 84.7 Å². The van der Waals surface area contributed by atoms with Crippen molar-refractivity contribution >= 4 is 11.8 Å². The van der Waals surface area contributed by atoms with Crippen LogP contribution in [0.25, 0.3) is 11.1 Å². The predicted octanol–water partition coefficient (Wildman–Crippen LogP) is 6.14. The van der Waals surface area contributed by atoms with Gasteiger partial charge in [-0.3, -0.25) is 9.59 Å². The van der Waals surface area contributed by atoms with E-state index in [1.165, 1.54) is 0 Å². The first-order valence-electron chi connectivity index (χ1n) is 14.5. The standard InChI is InChI=1S/C35H41N3O3/c1-2-31(41-26-28-13-5-3-6-14-28)17-9-10-18-32-35(40)38(33(34(39)37-32)19-11-12-24-36)25-27-20-22-30(23-21-27)29-15-7-4-8-16-29/h2-9,13-17,20-23,32-33H,10-12,18-19,24-26,36H2,1H3,(H,37,39)/b17-9-,31-2+/t32-,33-/m0/s1. The van der Waals surface area contributed by atoms with Gasteiger partial charge in [0.1, 0.15) is 24.4 Å². The van der Waals surface area contributed by atoms with Crippen molar-refractivity contribution in [1.82, 2.24) is 10.2 Å². The zero-order valence-corrected chi connectivity index (χ0v) is 23.9. The maximum atomic E-state index is 13.7. The zero-order chi connectivity index (χ0) is 28.9. The Morgan fingerprint density at radius 2 is 1.56 bits per heavy atom. The second-order valence-corrected chi connectivity index (χ2v) is 10.3. The molecule has 1 heterocycles. The third-order valence-electron chi connectivity index (χ3n) is 7.36. The number of nitrogens with one attached hydrogen (secondary N) is 1. The van der Waals surface area contributed by atoms with Gasteiger partial charge in [0.2, 0.25) is 11.8 Å². The van der Waals surface area contributed by atoms with Crippen molar-refractivity contribution in [2.24, 2.45) is 5.73 Å². The van der Waals surface area contributed by atoms with Gasteiger partial charge in [-0.05, 0) is 80.0 Å². The van der Waals surface area contributed by atoms with Gasteiger partial charge in [-0.2, -0.15) is 0 Å². The van der Waals surface area contributed by atoms with Crippen LogP contribution >= 0.6 is 0 Å². The number of carbonyl (C=O) groups excluding carboxylic acids is 2. The van der Waals surface area contributed by atoms with Crippen LogP contribution in [0.4, 0.5) is 0 Å². The Morgan fingerprint density at radius 3 is 2.24 bits per heavy atom. The van der Waals surface area contributed by atoms with Crippen LogP contribution in [-0.2, 0) is 27.5 Å². The number of carbonyl (C=O) groups is 2. The van der Waals surface area contributed by atoms with Crippen molar-refractivity contribution in [3.63, 3.8) is 0 Å². The number of nitrogens with zero attached hydrogens (tertiary/aromatic N) is 1. The van der Waals surface area contributed by atoms with Gasteiger partial charge in [-0.1, -0.05) is 91.0 Å². The lowest BCUT2D eigenvalue weighted by Gasteiger charge is -2.39. The van der Waals surface area contributed by atoms with Crippen LogP contribution in [-0.4, -0.2) is 35.3 Å². The van der Waals surface area contributed by atoms with Crippen molar-refractivity contribution in [3.05, 3.63) is 120 Å². The first kappa shape index (κ1) is 29.8. The van der Waals surface area contributed by atoms with Gasteiger partial charge in [0, 0.05) is 6.54 Å². The van der Waals surface area contributed by atoms with Gasteiger partial charge < -0.3 is 20.7 Å². The van der Waals surface area contributed by atoms with Crippen molar-refractivity contribution < 1.29 is 14.3 Å². The number of piperazine rings is 1. The summed E-state index contributed by atoms with van der Waals surface area (Å²) in [5.41, 5.74) is 10.1. The molecular formula is C35H41N3O3. The summed E-state index contributed by atoms with van der Waals surface area (Å²) in [6, 6.07) is 27.4. The third kappa shape index (κ3) is 8.66. The van der Waals surface area contributed by atoms with Crippen LogP contribution in [0.3, 0.4) is 0 Å². The summed E-state index contributed by atoms with van der Waals surface area (Å²) < 4.78 is 5.91. The third-order valence-corrected chi connectivity index (χ3v) is 7.36. The Labute approximate surface area is 243 Å². The van der Waals surface area contributed by atoms with E-state index in [0.717, 1.165) is 40.9 Å². The Morgan fingerprint density at radius 1 is 0.878 bits per heavy atom. The molecule has 0 aromatic heterocycles. The Balaban J connectivity index is 1.38. The van der Waals surface area contributed by atoms with Gasteiger partial charge >= 0.3 is 0 Å². The average molecular weight is 552 g/mol. The van der Waals surface area contributed by atoms with E-state index in [1.54, 1.807) is 4.90 Å². The molecule has 3 aromatic rings. The molecule has 6 nitrogen and oxygen atoms in total. The van der Waals surface area contributed by atoms with E-state index in [1.807, 2.05) is 85.8 Å². The molecule has 3 aromatic carbocycles. The van der Waals surface area contributed by atoms with E-state index in [4.69, 9.17) is 10.5 Å². The molecule has 0 saturated carbocycles. The van der Waals surface area contributed by atoms with Crippen LogP contribution in [0.1, 0.15) is 50.2 Å². The minimum Gasteiger partial charge on any atom is -0.489 e. The van der Waals surface area contributed by atoms with E-state index in [9.17, 15) is 9.59 Å². The summed E-state index contributed by atoms with van der Waals surface area (Å²) in [5.74, 6) is 0.653. The highest BCUT2D eigenvalue weighted by Gasteiger charge is 2.39. The van der Waals surface area contributed by atoms with E-state index < -0.39 is 12.1 Å². The molecule has 3 N–H and O–H groups in total. The molecule has 4 rings (SSSR count). The maximum absolute atomic E-state index is 13.7. The molecule has 1 aliphatic rings. The first-order chi connectivity index (χ1) is 20.1. The summed E-state index contributed by atoms with van der Waals surface area (Å²) in [5, 5.41) is 3.00. The van der Waals surface area contributed by atoms with Crippen LogP contribution in [0.5, 0.6) is 0 Å². The first-order valence-corrected chi connectivity index (χ1v) is 14.5. The molecule has 2 atom stereocenters. The highest BCUT2D eigenvalue weighted by atomic mass is 16.5. The molecule has 0 unspecified atom stereocenters. The smallest absolute Gasteiger partial charge is 0.246 e. The molecule has 214 valence electrons. The van der Waals surface area contributed by atoms with Gasteiger partial charge in [0.15, 0.2) is 0 Å². The molecule has 0 bridgehead atoms. The maximum Gasteiger partial charge on any atom is 0.246 e. The second kappa shape index (κ2) is 15.6. The van der Waals surface area contributed by atoms with E-state index in [0.29, 0.717) is 39.0 Å². The number of hydrogen-bond acceptors (Lipinski definition) is 4. The van der Waals surface area contributed by atoms with Crippen LogP contribution in [0.15, 0.2) is 109 Å². The van der Waals surface area contributed by atoms with Gasteiger partial charge in [0.05, 0.1) is 0 Å². The number of ether oxygens (including phenoxy) is 1. The minimum atomic E-state index is -0.555. The summed E-state index contributed by atoms with van der Waals surface area (Å²) in [7, 11) is 0. The summed E-state index contributed by atoms with van der Waals surface area (Å²) in [4.78, 5) is 28.7. The second-order valence-electron chi connectivity index (χ2n) is 10.3. The number of amides is 2. The lowest BCUT2D eigenvalue weighted by atomic mass is 9.97. The van der Waals surface area contributed by atoms with Gasteiger partial charge in [-0.25, -0.2) is 0 Å². The summed E-state index contributed by atoms with van der Waals surface area (Å²) in [6.07, 6.45) is 9.24. The van der Waals surface area contributed by atoms with E-state index in [2.05, 4.69) is 29.6 Å². The SMILES string of the molecule is C/C=C(\C=C/CC[C@@H]1NC(=O)[C@H](CCCCN)N(Cc2ccc(-c3ccccc3)cc2)C1=O)OCc1ccccc1. The minimum absolute atomic E-state index is 0.0329. The molecule has 1 aliphatic heterocycles. The number of hydrogen-bond donors (Lipinski definition) is 2. The van der Waals surface area contributed by atoms with Crippen molar-refractivity contribution in [1.29, 1.82) is 0 Å². The Kier molecular flexibility index (Phi) is 11.3. The van der Waals surface area contributed by atoms with Crippen LogP contribution < -0.4 is 11.1 Å². The quantitative estimate of drug-likeness (QED) is 0.143. The van der Waals surface area contributed by atoms with E-state index in [-0.39, 0.29) is 11.8 Å². The summed E-state index contributed by atoms with van der Waals surface area (Å²) in [6.45, 7) is 3.40. The fourth-order valence-electron chi connectivity index (χ4n) is 5.04. The van der Waals surface area contributed by atoms with Gasteiger partial charge in [0.25, 0.3) is 0 Å². The highest BCUT2D eigenvalue weighted by molar-refractivity contribution is 5.97. The molecule has 1 fully saturated rings. The number of rotatable bonds is 14. The molecule has 2 amide bonds.